The molecule has 2 amide bonds. The first-order chi connectivity index (χ1) is 19.7. The molecule has 8 nitrogen and oxygen atoms in total. The summed E-state index contributed by atoms with van der Waals surface area (Å²) in [6, 6.07) is 27.0. The van der Waals surface area contributed by atoms with Gasteiger partial charge in [-0.25, -0.2) is 8.42 Å². The minimum Gasteiger partial charge on any atom is -0.497 e. The molecular formula is C30H26ClN3O5S2. The second-order valence-electron chi connectivity index (χ2n) is 9.25. The van der Waals surface area contributed by atoms with E-state index in [4.69, 9.17) is 16.3 Å². The average molecular weight is 608 g/mol. The Morgan fingerprint density at radius 3 is 2.20 bits per heavy atom. The predicted octanol–water partition coefficient (Wildman–Crippen LogP) is 6.18. The molecular weight excluding hydrogens is 582 g/mol. The third-order valence-corrected chi connectivity index (χ3v) is 9.36. The van der Waals surface area contributed by atoms with Crippen molar-refractivity contribution in [2.45, 2.75) is 16.8 Å². The zero-order chi connectivity index (χ0) is 29.0. The van der Waals surface area contributed by atoms with E-state index in [1.165, 1.54) is 31.4 Å². The molecule has 1 atom stereocenters. The summed E-state index contributed by atoms with van der Waals surface area (Å²) in [6.45, 7) is 0.469. The smallest absolute Gasteiger partial charge is 0.261 e. The number of nitrogens with zero attached hydrogens (tertiary/aromatic N) is 1. The third-order valence-electron chi connectivity index (χ3n) is 6.46. The molecule has 0 spiro atoms. The van der Waals surface area contributed by atoms with Crippen LogP contribution < -0.4 is 14.8 Å². The lowest BCUT2D eigenvalue weighted by Crippen LogP contribution is -2.27. The molecule has 5 rings (SSSR count). The number of thioether (sulfide) groups is 1. The van der Waals surface area contributed by atoms with Gasteiger partial charge < -0.3 is 15.0 Å². The molecule has 0 bridgehead atoms. The van der Waals surface area contributed by atoms with Gasteiger partial charge in [-0.15, -0.1) is 11.8 Å². The first-order valence-corrected chi connectivity index (χ1v) is 15.5. The van der Waals surface area contributed by atoms with Crippen molar-refractivity contribution >= 4 is 56.6 Å². The number of amides is 2. The van der Waals surface area contributed by atoms with Crippen LogP contribution in [0, 0.1) is 0 Å². The highest BCUT2D eigenvalue weighted by Crippen LogP contribution is 2.39. The number of rotatable bonds is 9. The van der Waals surface area contributed by atoms with Crippen LogP contribution in [-0.2, 0) is 21.4 Å². The summed E-state index contributed by atoms with van der Waals surface area (Å²) >= 11 is 7.53. The minimum atomic E-state index is -3.81. The van der Waals surface area contributed by atoms with Gasteiger partial charge in [0, 0.05) is 28.5 Å². The highest BCUT2D eigenvalue weighted by Gasteiger charge is 2.32. The quantitative estimate of drug-likeness (QED) is 0.236. The summed E-state index contributed by atoms with van der Waals surface area (Å²) in [5, 5.41) is 3.28. The molecule has 1 saturated heterocycles. The highest BCUT2D eigenvalue weighted by atomic mass is 35.5. The number of halogens is 1. The van der Waals surface area contributed by atoms with Crippen LogP contribution >= 0.6 is 23.4 Å². The number of carbonyl (C=O) groups is 2. The summed E-state index contributed by atoms with van der Waals surface area (Å²) in [4.78, 5) is 27.3. The standard InChI is InChI=1S/C30H26ClN3O5S2/c1-39-26-14-10-25(11-15-26)33-41(37,38)27-16-12-24(13-17-27)32-29(36)21-4-6-22(7-5-21)30-34(28(35)19-40-30)18-20-2-8-23(31)9-3-20/h2-17,30,33H,18-19H2,1H3,(H,32,36)/t30-/m0/s1. The van der Waals surface area contributed by atoms with E-state index >= 15 is 0 Å². The molecule has 0 saturated carbocycles. The molecule has 2 N–H and O–H groups in total. The van der Waals surface area contributed by atoms with Crippen molar-refractivity contribution < 1.29 is 22.7 Å². The lowest BCUT2D eigenvalue weighted by atomic mass is 10.1. The molecule has 0 aliphatic carbocycles. The molecule has 1 fully saturated rings. The SMILES string of the molecule is COc1ccc(NS(=O)(=O)c2ccc(NC(=O)c3ccc([C@@H]4SCC(=O)N4Cc4ccc(Cl)cc4)cc3)cc2)cc1. The van der Waals surface area contributed by atoms with E-state index in [1.54, 1.807) is 60.3 Å². The molecule has 4 aromatic rings. The van der Waals surface area contributed by atoms with Crippen molar-refractivity contribution in [3.63, 3.8) is 0 Å². The van der Waals surface area contributed by atoms with Gasteiger partial charge >= 0.3 is 0 Å². The van der Waals surface area contributed by atoms with Crippen LogP contribution in [0.15, 0.2) is 102 Å². The van der Waals surface area contributed by atoms with Crippen LogP contribution in [0.2, 0.25) is 5.02 Å². The lowest BCUT2D eigenvalue weighted by molar-refractivity contribution is -0.128. The van der Waals surface area contributed by atoms with Crippen molar-refractivity contribution in [3.05, 3.63) is 119 Å². The van der Waals surface area contributed by atoms with Crippen molar-refractivity contribution in [1.29, 1.82) is 0 Å². The average Bonchev–Trinajstić information content (AvgIpc) is 3.34. The van der Waals surface area contributed by atoms with Gasteiger partial charge in [-0.05, 0) is 83.9 Å². The molecule has 1 aliphatic heterocycles. The van der Waals surface area contributed by atoms with Crippen molar-refractivity contribution in [3.8, 4) is 5.75 Å². The Morgan fingerprint density at radius 1 is 0.927 bits per heavy atom. The van der Waals surface area contributed by atoms with Crippen molar-refractivity contribution in [2.24, 2.45) is 0 Å². The van der Waals surface area contributed by atoms with Crippen LogP contribution in [0.25, 0.3) is 0 Å². The number of carbonyl (C=O) groups excluding carboxylic acids is 2. The Bertz CT molecular complexity index is 1640. The molecule has 11 heteroatoms. The molecule has 0 aromatic heterocycles. The van der Waals surface area contributed by atoms with Crippen LogP contribution in [0.3, 0.4) is 0 Å². The van der Waals surface area contributed by atoms with Gasteiger partial charge in [0.05, 0.1) is 17.8 Å². The first kappa shape index (κ1) is 28.5. The second kappa shape index (κ2) is 12.3. The Labute approximate surface area is 247 Å². The maximum absolute atomic E-state index is 12.9. The number of hydrogen-bond donors (Lipinski definition) is 2. The van der Waals surface area contributed by atoms with Crippen molar-refractivity contribution in [2.75, 3.05) is 22.9 Å². The molecule has 0 unspecified atom stereocenters. The number of nitrogens with one attached hydrogen (secondary N) is 2. The van der Waals surface area contributed by atoms with Crippen LogP contribution in [0.4, 0.5) is 11.4 Å². The van der Waals surface area contributed by atoms with E-state index in [1.807, 2.05) is 29.2 Å². The number of benzene rings is 4. The van der Waals surface area contributed by atoms with Gasteiger partial charge in [-0.3, -0.25) is 14.3 Å². The summed E-state index contributed by atoms with van der Waals surface area (Å²) in [5.74, 6) is 0.728. The Morgan fingerprint density at radius 2 is 1.56 bits per heavy atom. The third kappa shape index (κ3) is 6.84. The van der Waals surface area contributed by atoms with E-state index < -0.39 is 10.0 Å². The number of methoxy groups -OCH3 is 1. The van der Waals surface area contributed by atoms with Gasteiger partial charge in [0.15, 0.2) is 0 Å². The van der Waals surface area contributed by atoms with E-state index in [0.29, 0.717) is 40.0 Å². The second-order valence-corrected chi connectivity index (χ2v) is 12.4. The highest BCUT2D eigenvalue weighted by molar-refractivity contribution is 8.00. The van der Waals surface area contributed by atoms with Gasteiger partial charge in [-0.1, -0.05) is 35.9 Å². The zero-order valence-electron chi connectivity index (χ0n) is 21.9. The largest absolute Gasteiger partial charge is 0.497 e. The number of sulfonamides is 1. The number of anilines is 2. The van der Waals surface area contributed by atoms with E-state index in [2.05, 4.69) is 10.0 Å². The fraction of sp³-hybridized carbons (Fsp3) is 0.133. The van der Waals surface area contributed by atoms with Gasteiger partial charge in [0.25, 0.3) is 15.9 Å². The zero-order valence-corrected chi connectivity index (χ0v) is 24.3. The molecule has 1 aliphatic rings. The fourth-order valence-electron chi connectivity index (χ4n) is 4.28. The molecule has 1 heterocycles. The van der Waals surface area contributed by atoms with Crippen LogP contribution in [0.5, 0.6) is 5.75 Å². The Kier molecular flexibility index (Phi) is 8.53. The van der Waals surface area contributed by atoms with Crippen LogP contribution in [0.1, 0.15) is 26.9 Å². The molecule has 41 heavy (non-hydrogen) atoms. The minimum absolute atomic E-state index is 0.0569. The summed E-state index contributed by atoms with van der Waals surface area (Å²) in [5.41, 5.74) is 3.20. The fourth-order valence-corrected chi connectivity index (χ4v) is 6.65. The lowest BCUT2D eigenvalue weighted by Gasteiger charge is -2.24. The number of ether oxygens (including phenoxy) is 1. The first-order valence-electron chi connectivity index (χ1n) is 12.6. The topological polar surface area (TPSA) is 105 Å². The Hall–Kier alpha value is -3.99. The summed E-state index contributed by atoms with van der Waals surface area (Å²) < 4.78 is 33.1. The van der Waals surface area contributed by atoms with Gasteiger partial charge in [0.2, 0.25) is 5.91 Å². The predicted molar refractivity (Wildman–Crippen MR) is 162 cm³/mol. The molecule has 0 radical (unpaired) electrons. The maximum atomic E-state index is 12.9. The van der Waals surface area contributed by atoms with E-state index in [0.717, 1.165) is 11.1 Å². The monoisotopic (exact) mass is 607 g/mol. The molecule has 4 aromatic carbocycles. The summed E-state index contributed by atoms with van der Waals surface area (Å²) in [7, 11) is -2.28. The summed E-state index contributed by atoms with van der Waals surface area (Å²) in [6.07, 6.45) is 0. The van der Waals surface area contributed by atoms with E-state index in [9.17, 15) is 18.0 Å². The maximum Gasteiger partial charge on any atom is 0.261 e. The van der Waals surface area contributed by atoms with Gasteiger partial charge in [0.1, 0.15) is 11.1 Å². The molecule has 210 valence electrons. The van der Waals surface area contributed by atoms with Gasteiger partial charge in [-0.2, -0.15) is 0 Å². The Balaban J connectivity index is 1.21. The van der Waals surface area contributed by atoms with Crippen molar-refractivity contribution in [1.82, 2.24) is 4.90 Å². The normalized spacial score (nSPS) is 15.0. The number of hydrogen-bond acceptors (Lipinski definition) is 6. The van der Waals surface area contributed by atoms with E-state index in [-0.39, 0.29) is 22.1 Å². The van der Waals surface area contributed by atoms with Crippen LogP contribution in [-0.4, -0.2) is 38.0 Å².